The minimum absolute atomic E-state index is 0.0622. The maximum absolute atomic E-state index is 12.3. The molecule has 1 aliphatic rings. The molecule has 4 N–H and O–H groups in total. The Morgan fingerprint density at radius 3 is 2.26 bits per heavy atom. The first-order valence-corrected chi connectivity index (χ1v) is 7.31. The molecular formula is C14H26N2O3. The highest BCUT2D eigenvalue weighted by Gasteiger charge is 2.36. The van der Waals surface area contributed by atoms with Crippen molar-refractivity contribution in [2.24, 2.45) is 11.1 Å². The molecule has 0 aliphatic heterocycles. The lowest BCUT2D eigenvalue weighted by atomic mass is 9.79. The third-order valence-corrected chi connectivity index (χ3v) is 4.04. The summed E-state index contributed by atoms with van der Waals surface area (Å²) in [4.78, 5) is 22.7. The van der Waals surface area contributed by atoms with Crippen LogP contribution < -0.4 is 11.1 Å². The van der Waals surface area contributed by atoms with Crippen LogP contribution in [0.25, 0.3) is 0 Å². The van der Waals surface area contributed by atoms with Gasteiger partial charge in [-0.1, -0.05) is 25.7 Å². The van der Waals surface area contributed by atoms with Crippen molar-refractivity contribution in [1.82, 2.24) is 5.32 Å². The fraction of sp³-hybridized carbons (Fsp3) is 0.857. The minimum Gasteiger partial charge on any atom is -0.481 e. The largest absolute Gasteiger partial charge is 0.481 e. The Bertz CT molecular complexity index is 297. The van der Waals surface area contributed by atoms with Crippen molar-refractivity contribution in [2.75, 3.05) is 13.1 Å². The molecule has 1 rings (SSSR count). The van der Waals surface area contributed by atoms with Crippen molar-refractivity contribution >= 4 is 11.9 Å². The minimum atomic E-state index is -0.784. The first kappa shape index (κ1) is 16.0. The predicted octanol–water partition coefficient (Wildman–Crippen LogP) is 1.66. The Hall–Kier alpha value is -1.10. The fourth-order valence-electron chi connectivity index (χ4n) is 2.72. The van der Waals surface area contributed by atoms with Gasteiger partial charge in [0.15, 0.2) is 0 Å². The number of carbonyl (C=O) groups excluding carboxylic acids is 1. The summed E-state index contributed by atoms with van der Waals surface area (Å²) >= 11 is 0. The second kappa shape index (κ2) is 8.15. The van der Waals surface area contributed by atoms with E-state index in [9.17, 15) is 9.59 Å². The zero-order chi connectivity index (χ0) is 14.1. The third-order valence-electron chi connectivity index (χ3n) is 4.04. The van der Waals surface area contributed by atoms with Gasteiger partial charge >= 0.3 is 5.97 Å². The van der Waals surface area contributed by atoms with E-state index in [-0.39, 0.29) is 17.7 Å². The summed E-state index contributed by atoms with van der Waals surface area (Å²) in [6.07, 6.45) is 7.76. The first-order valence-electron chi connectivity index (χ1n) is 7.31. The van der Waals surface area contributed by atoms with Crippen molar-refractivity contribution in [3.05, 3.63) is 0 Å². The molecule has 0 atom stereocenters. The summed E-state index contributed by atoms with van der Waals surface area (Å²) in [5.74, 6) is -0.722. The van der Waals surface area contributed by atoms with Gasteiger partial charge < -0.3 is 16.2 Å². The molecule has 0 unspecified atom stereocenters. The molecule has 0 bridgehead atoms. The number of rotatable bonds is 7. The lowest BCUT2D eigenvalue weighted by Crippen LogP contribution is -2.46. The zero-order valence-corrected chi connectivity index (χ0v) is 11.6. The monoisotopic (exact) mass is 270 g/mol. The summed E-state index contributed by atoms with van der Waals surface area (Å²) in [6.45, 7) is 0.960. The van der Waals surface area contributed by atoms with E-state index in [0.29, 0.717) is 25.9 Å². The lowest BCUT2D eigenvalue weighted by Gasteiger charge is -2.29. The van der Waals surface area contributed by atoms with Crippen molar-refractivity contribution < 1.29 is 14.7 Å². The van der Waals surface area contributed by atoms with E-state index in [1.54, 1.807) is 0 Å². The predicted molar refractivity (Wildman–Crippen MR) is 73.7 cm³/mol. The van der Waals surface area contributed by atoms with Gasteiger partial charge in [-0.05, 0) is 25.7 Å². The number of carboxylic acid groups (broad SMARTS) is 1. The van der Waals surface area contributed by atoms with Crippen LogP contribution >= 0.6 is 0 Å². The van der Waals surface area contributed by atoms with Gasteiger partial charge in [0, 0.05) is 19.5 Å². The van der Waals surface area contributed by atoms with Gasteiger partial charge in [0.2, 0.25) is 5.91 Å². The maximum atomic E-state index is 12.3. The molecule has 0 spiro atoms. The second-order valence-electron chi connectivity index (χ2n) is 5.51. The Morgan fingerprint density at radius 1 is 1.11 bits per heavy atom. The maximum Gasteiger partial charge on any atom is 0.303 e. The van der Waals surface area contributed by atoms with Crippen LogP contribution in [0, 0.1) is 5.41 Å². The van der Waals surface area contributed by atoms with Crippen molar-refractivity contribution in [2.45, 2.75) is 57.8 Å². The van der Waals surface area contributed by atoms with Crippen LogP contribution in [0.5, 0.6) is 0 Å². The number of carbonyl (C=O) groups is 2. The quantitative estimate of drug-likeness (QED) is 0.484. The van der Waals surface area contributed by atoms with Gasteiger partial charge in [-0.3, -0.25) is 9.59 Å². The highest BCUT2D eigenvalue weighted by Crippen LogP contribution is 2.34. The standard InChI is InChI=1S/C14H26N2O3/c15-11-14(8-4-1-2-5-9-14)13(19)16-10-6-3-7-12(17)18/h1-11,15H2,(H,16,19)(H,17,18). The smallest absolute Gasteiger partial charge is 0.303 e. The van der Waals surface area contributed by atoms with E-state index in [1.165, 1.54) is 12.8 Å². The SMILES string of the molecule is NCC1(C(=O)NCCCCC(=O)O)CCCCCC1. The number of carboxylic acids is 1. The number of amides is 1. The molecule has 0 aromatic carbocycles. The van der Waals surface area contributed by atoms with Crippen molar-refractivity contribution in [1.29, 1.82) is 0 Å². The normalized spacial score (nSPS) is 18.6. The lowest BCUT2D eigenvalue weighted by molar-refractivity contribution is -0.137. The number of hydrogen-bond acceptors (Lipinski definition) is 3. The summed E-state index contributed by atoms with van der Waals surface area (Å²) in [5.41, 5.74) is 5.45. The molecule has 1 saturated carbocycles. The van der Waals surface area contributed by atoms with Crippen molar-refractivity contribution in [3.8, 4) is 0 Å². The van der Waals surface area contributed by atoms with Gasteiger partial charge in [-0.2, -0.15) is 0 Å². The molecule has 5 nitrogen and oxygen atoms in total. The van der Waals surface area contributed by atoms with E-state index in [4.69, 9.17) is 10.8 Å². The fourth-order valence-corrected chi connectivity index (χ4v) is 2.72. The molecule has 0 aromatic heterocycles. The molecule has 1 amide bonds. The van der Waals surface area contributed by atoms with Gasteiger partial charge in [-0.15, -0.1) is 0 Å². The summed E-state index contributed by atoms with van der Waals surface area (Å²) in [5, 5.41) is 11.5. The number of nitrogens with one attached hydrogen (secondary N) is 1. The molecule has 5 heteroatoms. The van der Waals surface area contributed by atoms with Crippen molar-refractivity contribution in [3.63, 3.8) is 0 Å². The molecule has 19 heavy (non-hydrogen) atoms. The van der Waals surface area contributed by atoms with Crippen LogP contribution in [0.4, 0.5) is 0 Å². The molecule has 0 aromatic rings. The highest BCUT2D eigenvalue weighted by molar-refractivity contribution is 5.82. The molecular weight excluding hydrogens is 244 g/mol. The number of nitrogens with two attached hydrogens (primary N) is 1. The Kier molecular flexibility index (Phi) is 6.84. The van der Waals surface area contributed by atoms with E-state index in [2.05, 4.69) is 5.32 Å². The van der Waals surface area contributed by atoms with Crippen LogP contribution in [-0.4, -0.2) is 30.1 Å². The van der Waals surface area contributed by atoms with Gasteiger partial charge in [-0.25, -0.2) is 0 Å². The summed E-state index contributed by atoms with van der Waals surface area (Å²) < 4.78 is 0. The number of aliphatic carboxylic acids is 1. The number of unbranched alkanes of at least 4 members (excludes halogenated alkanes) is 1. The van der Waals surface area contributed by atoms with Gasteiger partial charge in [0.1, 0.15) is 0 Å². The molecule has 0 saturated heterocycles. The van der Waals surface area contributed by atoms with E-state index in [1.807, 2.05) is 0 Å². The Balaban J connectivity index is 2.34. The van der Waals surface area contributed by atoms with Crippen LogP contribution in [0.15, 0.2) is 0 Å². The zero-order valence-electron chi connectivity index (χ0n) is 11.6. The van der Waals surface area contributed by atoms with E-state index < -0.39 is 5.97 Å². The molecule has 0 heterocycles. The average molecular weight is 270 g/mol. The van der Waals surface area contributed by atoms with Gasteiger partial charge in [0.05, 0.1) is 5.41 Å². The molecule has 0 radical (unpaired) electrons. The van der Waals surface area contributed by atoms with Crippen LogP contribution in [0.3, 0.4) is 0 Å². The Labute approximate surface area is 114 Å². The number of hydrogen-bond donors (Lipinski definition) is 3. The summed E-state index contributed by atoms with van der Waals surface area (Å²) in [7, 11) is 0. The molecule has 1 fully saturated rings. The topological polar surface area (TPSA) is 92.4 Å². The van der Waals surface area contributed by atoms with Gasteiger partial charge in [0.25, 0.3) is 0 Å². The van der Waals surface area contributed by atoms with Crippen LogP contribution in [0.1, 0.15) is 57.8 Å². The van der Waals surface area contributed by atoms with Crippen LogP contribution in [-0.2, 0) is 9.59 Å². The van der Waals surface area contributed by atoms with Crippen LogP contribution in [0.2, 0.25) is 0 Å². The second-order valence-corrected chi connectivity index (χ2v) is 5.51. The summed E-state index contributed by atoms with van der Waals surface area (Å²) in [6, 6.07) is 0. The molecule has 110 valence electrons. The average Bonchev–Trinajstić information content (AvgIpc) is 2.64. The first-order chi connectivity index (χ1) is 9.10. The van der Waals surface area contributed by atoms with E-state index >= 15 is 0 Å². The third kappa shape index (κ3) is 5.19. The highest BCUT2D eigenvalue weighted by atomic mass is 16.4. The van der Waals surface area contributed by atoms with E-state index in [0.717, 1.165) is 25.7 Å². The Morgan fingerprint density at radius 2 is 1.74 bits per heavy atom. The molecule has 1 aliphatic carbocycles.